The predicted octanol–water partition coefficient (Wildman–Crippen LogP) is 2.33. The number of halogens is 3. The van der Waals surface area contributed by atoms with Crippen molar-refractivity contribution in [2.75, 3.05) is 7.05 Å². The van der Waals surface area contributed by atoms with Gasteiger partial charge in [-0.05, 0) is 33.0 Å². The Labute approximate surface area is 121 Å². The molecule has 0 aliphatic carbocycles. The highest BCUT2D eigenvalue weighted by molar-refractivity contribution is 5.84. The molecule has 1 aromatic rings. The van der Waals surface area contributed by atoms with Gasteiger partial charge >= 0.3 is 6.18 Å². The van der Waals surface area contributed by atoms with Crippen LogP contribution >= 0.6 is 0 Å². The summed E-state index contributed by atoms with van der Waals surface area (Å²) >= 11 is 0. The van der Waals surface area contributed by atoms with Crippen LogP contribution in [-0.2, 0) is 11.0 Å². The van der Waals surface area contributed by atoms with E-state index in [-0.39, 0.29) is 12.2 Å². The van der Waals surface area contributed by atoms with Gasteiger partial charge in [0.05, 0.1) is 17.2 Å². The predicted molar refractivity (Wildman–Crippen MR) is 72.8 cm³/mol. The van der Waals surface area contributed by atoms with Gasteiger partial charge in [-0.3, -0.25) is 4.79 Å². The van der Waals surface area contributed by atoms with Gasteiger partial charge in [0.15, 0.2) is 0 Å². The van der Waals surface area contributed by atoms with Crippen LogP contribution in [0.15, 0.2) is 24.3 Å². The van der Waals surface area contributed by atoms with Crippen LogP contribution in [0.3, 0.4) is 0 Å². The average molecular weight is 304 g/mol. The van der Waals surface area contributed by atoms with Crippen LogP contribution in [0.2, 0.25) is 0 Å². The number of hydrogen-bond donors (Lipinski definition) is 2. The van der Waals surface area contributed by atoms with E-state index in [9.17, 15) is 18.0 Å². The number of carbonyl (C=O) groups is 1. The smallest absolute Gasteiger partial charge is 0.419 e. The van der Waals surface area contributed by atoms with Crippen molar-refractivity contribution in [2.45, 2.75) is 38.1 Å². The first-order valence-corrected chi connectivity index (χ1v) is 6.42. The molecular formula is C14H19F3N2O2. The van der Waals surface area contributed by atoms with Crippen LogP contribution in [0.4, 0.5) is 13.2 Å². The fourth-order valence-corrected chi connectivity index (χ4v) is 1.96. The summed E-state index contributed by atoms with van der Waals surface area (Å²) in [7, 11) is 1.56. The molecule has 3 N–H and O–H groups in total. The molecule has 7 heteroatoms. The molecule has 0 bridgehead atoms. The molecule has 0 fully saturated rings. The first-order valence-electron chi connectivity index (χ1n) is 6.42. The molecule has 0 aliphatic rings. The topological polar surface area (TPSA) is 64.3 Å². The lowest BCUT2D eigenvalue weighted by Gasteiger charge is -2.29. The van der Waals surface area contributed by atoms with Crippen LogP contribution in [-0.4, -0.2) is 24.6 Å². The van der Waals surface area contributed by atoms with Gasteiger partial charge < -0.3 is 15.8 Å². The second-order valence-corrected chi connectivity index (χ2v) is 5.07. The number of rotatable bonds is 6. The Balaban J connectivity index is 2.90. The van der Waals surface area contributed by atoms with Crippen LogP contribution < -0.4 is 15.8 Å². The van der Waals surface area contributed by atoms with Crippen molar-refractivity contribution < 1.29 is 22.7 Å². The van der Waals surface area contributed by atoms with Crippen LogP contribution in [0.1, 0.15) is 25.8 Å². The highest BCUT2D eigenvalue weighted by Crippen LogP contribution is 2.36. The largest absolute Gasteiger partial charge is 0.490 e. The van der Waals surface area contributed by atoms with Gasteiger partial charge in [0, 0.05) is 6.42 Å². The molecule has 1 aromatic carbocycles. The summed E-state index contributed by atoms with van der Waals surface area (Å²) in [6.45, 7) is 3.16. The van der Waals surface area contributed by atoms with Crippen LogP contribution in [0.25, 0.3) is 0 Å². The number of likely N-dealkylation sites (N-methyl/N-ethyl adjacent to an activating group) is 1. The second-order valence-electron chi connectivity index (χ2n) is 5.07. The van der Waals surface area contributed by atoms with Gasteiger partial charge in [-0.25, -0.2) is 0 Å². The third-order valence-corrected chi connectivity index (χ3v) is 3.31. The van der Waals surface area contributed by atoms with Gasteiger partial charge in [0.25, 0.3) is 0 Å². The standard InChI is InChI=1S/C14H19F3N2O2/c1-9(8-13(2,19-3)12(18)20)21-11-7-5-4-6-10(11)14(15,16)17/h4-7,9,19H,8H2,1-3H3,(H2,18,20). The Hall–Kier alpha value is -1.76. The highest BCUT2D eigenvalue weighted by Gasteiger charge is 2.36. The minimum absolute atomic E-state index is 0.144. The van der Waals surface area contributed by atoms with E-state index < -0.39 is 29.3 Å². The Morgan fingerprint density at radius 3 is 2.43 bits per heavy atom. The summed E-state index contributed by atoms with van der Waals surface area (Å²) in [4.78, 5) is 11.4. The Bertz CT molecular complexity index is 505. The van der Waals surface area contributed by atoms with Crippen molar-refractivity contribution in [3.8, 4) is 5.75 Å². The maximum atomic E-state index is 12.9. The SMILES string of the molecule is CNC(C)(CC(C)Oc1ccccc1C(F)(F)F)C(N)=O. The maximum Gasteiger partial charge on any atom is 0.419 e. The van der Waals surface area contributed by atoms with Crippen molar-refractivity contribution in [3.63, 3.8) is 0 Å². The van der Waals surface area contributed by atoms with Crippen LogP contribution in [0, 0.1) is 0 Å². The number of alkyl halides is 3. The lowest BCUT2D eigenvalue weighted by atomic mass is 9.94. The molecule has 0 saturated heterocycles. The molecule has 118 valence electrons. The van der Waals surface area contributed by atoms with E-state index in [0.29, 0.717) is 0 Å². The third kappa shape index (κ3) is 4.35. The number of nitrogens with two attached hydrogens (primary N) is 1. The normalized spacial score (nSPS) is 16.1. The number of benzene rings is 1. The molecule has 0 aliphatic heterocycles. The Morgan fingerprint density at radius 1 is 1.38 bits per heavy atom. The second kappa shape index (κ2) is 6.34. The summed E-state index contributed by atoms with van der Waals surface area (Å²) < 4.78 is 43.9. The van der Waals surface area contributed by atoms with Crippen LogP contribution in [0.5, 0.6) is 5.75 Å². The fraction of sp³-hybridized carbons (Fsp3) is 0.500. The summed E-state index contributed by atoms with van der Waals surface area (Å²) in [5.41, 5.74) is 3.39. The molecule has 0 spiro atoms. The lowest BCUT2D eigenvalue weighted by Crippen LogP contribution is -2.53. The molecule has 2 atom stereocenters. The molecule has 0 saturated carbocycles. The molecule has 1 amide bonds. The van der Waals surface area contributed by atoms with Gasteiger partial charge in [0.1, 0.15) is 5.75 Å². The van der Waals surface area contributed by atoms with E-state index in [1.54, 1.807) is 20.9 Å². The summed E-state index contributed by atoms with van der Waals surface area (Å²) in [5, 5.41) is 2.76. The molecule has 0 heterocycles. The summed E-state index contributed by atoms with van der Waals surface area (Å²) in [5.74, 6) is -0.856. The molecular weight excluding hydrogens is 285 g/mol. The van der Waals surface area contributed by atoms with E-state index in [1.165, 1.54) is 18.2 Å². The zero-order valence-electron chi connectivity index (χ0n) is 12.1. The quantitative estimate of drug-likeness (QED) is 0.848. The number of hydrogen-bond acceptors (Lipinski definition) is 3. The third-order valence-electron chi connectivity index (χ3n) is 3.31. The minimum Gasteiger partial charge on any atom is -0.490 e. The number of primary amides is 1. The number of para-hydroxylation sites is 1. The van der Waals surface area contributed by atoms with E-state index in [1.807, 2.05) is 0 Å². The van der Waals surface area contributed by atoms with Crippen molar-refractivity contribution in [1.29, 1.82) is 0 Å². The minimum atomic E-state index is -4.49. The van der Waals surface area contributed by atoms with Gasteiger partial charge in [0.2, 0.25) is 5.91 Å². The van der Waals surface area contributed by atoms with E-state index in [0.717, 1.165) is 6.07 Å². The number of carbonyl (C=O) groups excluding carboxylic acids is 1. The Kier molecular flexibility index (Phi) is 5.22. The van der Waals surface area contributed by atoms with E-state index in [2.05, 4.69) is 5.32 Å². The molecule has 4 nitrogen and oxygen atoms in total. The first kappa shape index (κ1) is 17.3. The molecule has 1 rings (SSSR count). The molecule has 21 heavy (non-hydrogen) atoms. The monoisotopic (exact) mass is 304 g/mol. The lowest BCUT2D eigenvalue weighted by molar-refractivity contribution is -0.139. The first-order chi connectivity index (χ1) is 9.60. The van der Waals surface area contributed by atoms with E-state index >= 15 is 0 Å². The van der Waals surface area contributed by atoms with Crippen molar-refractivity contribution >= 4 is 5.91 Å². The van der Waals surface area contributed by atoms with Gasteiger partial charge in [-0.2, -0.15) is 13.2 Å². The number of nitrogens with one attached hydrogen (secondary N) is 1. The van der Waals surface area contributed by atoms with Gasteiger partial charge in [-0.15, -0.1) is 0 Å². The van der Waals surface area contributed by atoms with Gasteiger partial charge in [-0.1, -0.05) is 12.1 Å². The van der Waals surface area contributed by atoms with Crippen molar-refractivity contribution in [2.24, 2.45) is 5.73 Å². The highest BCUT2D eigenvalue weighted by atomic mass is 19.4. The summed E-state index contributed by atoms with van der Waals surface area (Å²) in [6, 6.07) is 4.96. The molecule has 0 radical (unpaired) electrons. The van der Waals surface area contributed by atoms with Crippen molar-refractivity contribution in [3.05, 3.63) is 29.8 Å². The fourth-order valence-electron chi connectivity index (χ4n) is 1.96. The average Bonchev–Trinajstić information content (AvgIpc) is 2.37. The molecule has 2 unspecified atom stereocenters. The zero-order valence-corrected chi connectivity index (χ0v) is 12.1. The van der Waals surface area contributed by atoms with Crippen molar-refractivity contribution in [1.82, 2.24) is 5.32 Å². The Morgan fingerprint density at radius 2 is 1.95 bits per heavy atom. The molecule has 0 aromatic heterocycles. The number of amides is 1. The van der Waals surface area contributed by atoms with E-state index in [4.69, 9.17) is 10.5 Å². The number of ether oxygens (including phenoxy) is 1. The zero-order chi connectivity index (χ0) is 16.3. The maximum absolute atomic E-state index is 12.9. The summed E-state index contributed by atoms with van der Waals surface area (Å²) in [6.07, 6.45) is -4.98.